The van der Waals surface area contributed by atoms with Crippen LogP contribution in [0.5, 0.6) is 0 Å². The molecule has 0 heterocycles. The van der Waals surface area contributed by atoms with Gasteiger partial charge in [-0.1, -0.05) is 17.7 Å². The van der Waals surface area contributed by atoms with E-state index in [-0.39, 0.29) is 18.5 Å². The lowest BCUT2D eigenvalue weighted by Crippen LogP contribution is -2.37. The zero-order chi connectivity index (χ0) is 13.3. The van der Waals surface area contributed by atoms with Crippen molar-refractivity contribution in [2.45, 2.75) is 25.8 Å². The maximum atomic E-state index is 12.3. The lowest BCUT2D eigenvalue weighted by molar-refractivity contribution is -0.137. The van der Waals surface area contributed by atoms with E-state index in [4.69, 9.17) is 16.7 Å². The zero-order valence-electron chi connectivity index (χ0n) is 10.0. The van der Waals surface area contributed by atoms with E-state index in [9.17, 15) is 9.59 Å². The van der Waals surface area contributed by atoms with E-state index < -0.39 is 5.97 Å². The van der Waals surface area contributed by atoms with Gasteiger partial charge in [0.2, 0.25) is 0 Å². The maximum Gasteiger partial charge on any atom is 0.323 e. The topological polar surface area (TPSA) is 57.6 Å². The summed E-state index contributed by atoms with van der Waals surface area (Å²) in [7, 11) is 0. The van der Waals surface area contributed by atoms with Crippen LogP contribution in [0.25, 0.3) is 0 Å². The van der Waals surface area contributed by atoms with Crippen LogP contribution >= 0.6 is 11.6 Å². The Morgan fingerprint density at radius 3 is 2.61 bits per heavy atom. The van der Waals surface area contributed by atoms with Crippen molar-refractivity contribution in [3.05, 3.63) is 34.3 Å². The van der Waals surface area contributed by atoms with Gasteiger partial charge in [0, 0.05) is 6.04 Å². The predicted molar refractivity (Wildman–Crippen MR) is 67.9 cm³/mol. The highest BCUT2D eigenvalue weighted by Gasteiger charge is 2.34. The summed E-state index contributed by atoms with van der Waals surface area (Å²) in [6.45, 7) is 1.61. The van der Waals surface area contributed by atoms with E-state index in [0.29, 0.717) is 10.6 Å². The third-order valence-electron chi connectivity index (χ3n) is 2.91. The van der Waals surface area contributed by atoms with E-state index >= 15 is 0 Å². The number of amides is 1. The second-order valence-corrected chi connectivity index (χ2v) is 4.95. The molecule has 0 saturated heterocycles. The van der Waals surface area contributed by atoms with Crippen LogP contribution in [0.2, 0.25) is 5.02 Å². The van der Waals surface area contributed by atoms with E-state index in [1.54, 1.807) is 18.2 Å². The van der Waals surface area contributed by atoms with Crippen LogP contribution in [0.3, 0.4) is 0 Å². The smallest absolute Gasteiger partial charge is 0.323 e. The lowest BCUT2D eigenvalue weighted by Gasteiger charge is -2.20. The number of benzene rings is 1. The number of hydrogen-bond acceptors (Lipinski definition) is 2. The van der Waals surface area contributed by atoms with Crippen molar-refractivity contribution in [2.24, 2.45) is 0 Å². The molecule has 4 nitrogen and oxygen atoms in total. The molecule has 0 radical (unpaired) electrons. The Bertz CT molecular complexity index is 497. The van der Waals surface area contributed by atoms with Crippen molar-refractivity contribution >= 4 is 23.5 Å². The molecule has 1 aliphatic rings. The summed E-state index contributed by atoms with van der Waals surface area (Å²) in [5, 5.41) is 9.21. The SMILES string of the molecule is Cc1ccc(C(=O)N(CC(=O)O)C2CC2)c(Cl)c1. The van der Waals surface area contributed by atoms with Gasteiger partial charge in [0.1, 0.15) is 6.54 Å². The Hall–Kier alpha value is -1.55. The molecule has 1 amide bonds. The summed E-state index contributed by atoms with van der Waals surface area (Å²) in [4.78, 5) is 24.4. The number of hydrogen-bond donors (Lipinski definition) is 1. The molecule has 1 fully saturated rings. The molecule has 0 atom stereocenters. The first-order valence-corrected chi connectivity index (χ1v) is 6.15. The highest BCUT2D eigenvalue weighted by molar-refractivity contribution is 6.33. The average molecular weight is 268 g/mol. The Morgan fingerprint density at radius 2 is 2.11 bits per heavy atom. The molecule has 18 heavy (non-hydrogen) atoms. The van der Waals surface area contributed by atoms with Crippen molar-refractivity contribution in [3.63, 3.8) is 0 Å². The number of carboxylic acid groups (broad SMARTS) is 1. The highest BCUT2D eigenvalue weighted by atomic mass is 35.5. The Kier molecular flexibility index (Phi) is 3.57. The molecule has 0 bridgehead atoms. The molecule has 0 aromatic heterocycles. The molecule has 1 aromatic carbocycles. The number of carboxylic acids is 1. The number of carbonyl (C=O) groups is 2. The van der Waals surface area contributed by atoms with Gasteiger partial charge in [-0.3, -0.25) is 9.59 Å². The Balaban J connectivity index is 2.24. The quantitative estimate of drug-likeness (QED) is 0.911. The van der Waals surface area contributed by atoms with Crippen LogP contribution in [-0.2, 0) is 4.79 Å². The van der Waals surface area contributed by atoms with Gasteiger partial charge in [-0.2, -0.15) is 0 Å². The van der Waals surface area contributed by atoms with Gasteiger partial charge >= 0.3 is 5.97 Å². The summed E-state index contributed by atoms with van der Waals surface area (Å²) in [6.07, 6.45) is 1.73. The molecule has 1 saturated carbocycles. The van der Waals surface area contributed by atoms with Crippen molar-refractivity contribution in [1.82, 2.24) is 4.90 Å². The molecule has 0 aliphatic heterocycles. The number of aliphatic carboxylic acids is 1. The number of rotatable bonds is 4. The first-order chi connectivity index (χ1) is 8.49. The standard InChI is InChI=1S/C13H14ClNO3/c1-8-2-5-10(11(14)6-8)13(18)15(7-12(16)17)9-3-4-9/h2,5-6,9H,3-4,7H2,1H3,(H,16,17). The molecule has 96 valence electrons. The van der Waals surface area contributed by atoms with Crippen molar-refractivity contribution < 1.29 is 14.7 Å². The second kappa shape index (κ2) is 4.98. The third-order valence-corrected chi connectivity index (χ3v) is 3.22. The lowest BCUT2D eigenvalue weighted by atomic mass is 10.1. The molecule has 1 aromatic rings. The number of carbonyl (C=O) groups excluding carboxylic acids is 1. The summed E-state index contributed by atoms with van der Waals surface area (Å²) < 4.78 is 0. The predicted octanol–water partition coefficient (Wildman–Crippen LogP) is 2.34. The minimum absolute atomic E-state index is 0.0472. The van der Waals surface area contributed by atoms with Gasteiger partial charge in [0.05, 0.1) is 10.6 Å². The largest absolute Gasteiger partial charge is 0.480 e. The van der Waals surface area contributed by atoms with E-state index in [0.717, 1.165) is 18.4 Å². The molecular formula is C13H14ClNO3. The fraction of sp³-hybridized carbons (Fsp3) is 0.385. The van der Waals surface area contributed by atoms with Crippen molar-refractivity contribution in [1.29, 1.82) is 0 Å². The van der Waals surface area contributed by atoms with Gasteiger partial charge in [-0.25, -0.2) is 0 Å². The van der Waals surface area contributed by atoms with E-state index in [2.05, 4.69) is 0 Å². The summed E-state index contributed by atoms with van der Waals surface area (Å²) >= 11 is 6.04. The molecule has 0 unspecified atom stereocenters. The van der Waals surface area contributed by atoms with Crippen LogP contribution in [0.4, 0.5) is 0 Å². The monoisotopic (exact) mass is 267 g/mol. The first kappa shape index (κ1) is 12.9. The van der Waals surface area contributed by atoms with Gasteiger partial charge < -0.3 is 10.0 Å². The molecular weight excluding hydrogens is 254 g/mol. The third kappa shape index (κ3) is 2.82. The van der Waals surface area contributed by atoms with Crippen LogP contribution in [0.1, 0.15) is 28.8 Å². The van der Waals surface area contributed by atoms with Crippen LogP contribution < -0.4 is 0 Å². The van der Waals surface area contributed by atoms with Crippen molar-refractivity contribution in [3.8, 4) is 0 Å². The van der Waals surface area contributed by atoms with Gasteiger partial charge in [-0.15, -0.1) is 0 Å². The molecule has 0 spiro atoms. The molecule has 5 heteroatoms. The van der Waals surface area contributed by atoms with Crippen LogP contribution in [-0.4, -0.2) is 34.5 Å². The first-order valence-electron chi connectivity index (χ1n) is 5.78. The minimum Gasteiger partial charge on any atom is -0.480 e. The summed E-state index contributed by atoms with van der Waals surface area (Å²) in [5.41, 5.74) is 1.34. The van der Waals surface area contributed by atoms with E-state index in [1.165, 1.54) is 4.90 Å². The molecule has 2 rings (SSSR count). The highest BCUT2D eigenvalue weighted by Crippen LogP contribution is 2.29. The molecule has 1 N–H and O–H groups in total. The Morgan fingerprint density at radius 1 is 1.44 bits per heavy atom. The fourth-order valence-electron chi connectivity index (χ4n) is 1.85. The van der Waals surface area contributed by atoms with Crippen molar-refractivity contribution in [2.75, 3.05) is 6.54 Å². The second-order valence-electron chi connectivity index (χ2n) is 4.54. The Labute approximate surface area is 110 Å². The summed E-state index contributed by atoms with van der Waals surface area (Å²) in [5.74, 6) is -1.30. The maximum absolute atomic E-state index is 12.3. The normalized spacial score (nSPS) is 14.3. The van der Waals surface area contributed by atoms with Gasteiger partial charge in [0.15, 0.2) is 0 Å². The minimum atomic E-state index is -1.00. The number of nitrogens with zero attached hydrogens (tertiary/aromatic N) is 1. The van der Waals surface area contributed by atoms with Crippen LogP contribution in [0.15, 0.2) is 18.2 Å². The summed E-state index contributed by atoms with van der Waals surface area (Å²) in [6, 6.07) is 5.20. The van der Waals surface area contributed by atoms with Gasteiger partial charge in [-0.05, 0) is 37.5 Å². The fourth-order valence-corrected chi connectivity index (χ4v) is 2.16. The van der Waals surface area contributed by atoms with E-state index in [1.807, 2.05) is 6.92 Å². The zero-order valence-corrected chi connectivity index (χ0v) is 10.8. The molecule has 1 aliphatic carbocycles. The van der Waals surface area contributed by atoms with Crippen LogP contribution in [0, 0.1) is 6.92 Å². The number of halogens is 1. The average Bonchev–Trinajstić information content (AvgIpc) is 3.08. The number of aryl methyl sites for hydroxylation is 1. The van der Waals surface area contributed by atoms with Gasteiger partial charge in [0.25, 0.3) is 5.91 Å².